The Kier molecular flexibility index (Phi) is 4.83. The average Bonchev–Trinajstić information content (AvgIpc) is 2.28. The third-order valence-electron chi connectivity index (χ3n) is 2.23. The first-order valence-electron chi connectivity index (χ1n) is 4.85. The minimum Gasteiger partial charge on any atom is -0.478 e. The molecule has 1 aromatic rings. The maximum atomic E-state index is 12.2. The topological polar surface area (TPSA) is 74.7 Å². The first kappa shape index (κ1) is 15.1. The Morgan fingerprint density at radius 1 is 1.44 bits per heavy atom. The van der Waals surface area contributed by atoms with E-state index in [0.717, 1.165) is 10.4 Å². The van der Waals surface area contributed by atoms with Gasteiger partial charge in [0.05, 0.1) is 10.5 Å². The number of nitrogens with zero attached hydrogens (tertiary/aromatic N) is 1. The molecule has 0 aliphatic heterocycles. The highest BCUT2D eigenvalue weighted by Gasteiger charge is 2.22. The predicted octanol–water partition coefficient (Wildman–Crippen LogP) is 1.74. The highest BCUT2D eigenvalue weighted by molar-refractivity contribution is 9.10. The van der Waals surface area contributed by atoms with Crippen molar-refractivity contribution in [3.05, 3.63) is 28.2 Å². The van der Waals surface area contributed by atoms with Crippen LogP contribution in [0.2, 0.25) is 0 Å². The van der Waals surface area contributed by atoms with Gasteiger partial charge >= 0.3 is 5.97 Å². The molecule has 0 aromatic heterocycles. The van der Waals surface area contributed by atoms with Crippen LogP contribution in [0.4, 0.5) is 4.39 Å². The van der Waals surface area contributed by atoms with Crippen LogP contribution in [0.5, 0.6) is 0 Å². The molecular weight excluding hydrogens is 329 g/mol. The lowest BCUT2D eigenvalue weighted by Gasteiger charge is -2.16. The Labute approximate surface area is 112 Å². The third-order valence-corrected chi connectivity index (χ3v) is 4.52. The van der Waals surface area contributed by atoms with E-state index in [0.29, 0.717) is 4.47 Å². The van der Waals surface area contributed by atoms with E-state index in [2.05, 4.69) is 15.9 Å². The fraction of sp³-hybridized carbons (Fsp3) is 0.300. The van der Waals surface area contributed by atoms with Crippen molar-refractivity contribution in [3.63, 3.8) is 0 Å². The number of sulfonamides is 1. The number of carboxylic acid groups (broad SMARTS) is 1. The summed E-state index contributed by atoms with van der Waals surface area (Å²) in [6.07, 6.45) is 0. The molecule has 8 heteroatoms. The summed E-state index contributed by atoms with van der Waals surface area (Å²) in [5.41, 5.74) is -0.156. The van der Waals surface area contributed by atoms with Crippen LogP contribution in [0.15, 0.2) is 27.6 Å². The van der Waals surface area contributed by atoms with Crippen LogP contribution < -0.4 is 0 Å². The summed E-state index contributed by atoms with van der Waals surface area (Å²) in [6.45, 7) is -1.09. The van der Waals surface area contributed by atoms with E-state index in [1.807, 2.05) is 0 Å². The second-order valence-electron chi connectivity index (χ2n) is 3.50. The summed E-state index contributed by atoms with van der Waals surface area (Å²) in [5, 5.41) is 8.85. The maximum Gasteiger partial charge on any atom is 0.335 e. The van der Waals surface area contributed by atoms with Crippen LogP contribution in [0.3, 0.4) is 0 Å². The molecule has 0 amide bonds. The Bertz CT molecular complexity index is 561. The van der Waals surface area contributed by atoms with Gasteiger partial charge in [-0.2, -0.15) is 4.31 Å². The molecule has 0 radical (unpaired) electrons. The second kappa shape index (κ2) is 5.77. The number of rotatable bonds is 5. The quantitative estimate of drug-likeness (QED) is 0.886. The number of benzene rings is 1. The molecule has 0 unspecified atom stereocenters. The van der Waals surface area contributed by atoms with Gasteiger partial charge in [-0.1, -0.05) is 15.9 Å². The smallest absolute Gasteiger partial charge is 0.335 e. The van der Waals surface area contributed by atoms with Gasteiger partial charge in [0.1, 0.15) is 6.67 Å². The molecule has 1 rings (SSSR count). The van der Waals surface area contributed by atoms with Crippen molar-refractivity contribution < 1.29 is 22.7 Å². The van der Waals surface area contributed by atoms with E-state index in [1.54, 1.807) is 0 Å². The zero-order chi connectivity index (χ0) is 13.9. The van der Waals surface area contributed by atoms with Gasteiger partial charge in [0.15, 0.2) is 0 Å². The van der Waals surface area contributed by atoms with E-state index in [4.69, 9.17) is 5.11 Å². The SMILES string of the molecule is CN(CCF)S(=O)(=O)c1cc(Br)cc(C(=O)O)c1. The molecule has 0 heterocycles. The van der Waals surface area contributed by atoms with Crippen molar-refractivity contribution in [1.82, 2.24) is 4.31 Å². The predicted molar refractivity (Wildman–Crippen MR) is 66.9 cm³/mol. The largest absolute Gasteiger partial charge is 0.478 e. The molecule has 0 saturated carbocycles. The second-order valence-corrected chi connectivity index (χ2v) is 6.46. The Hall–Kier alpha value is -0.990. The summed E-state index contributed by atoms with van der Waals surface area (Å²) in [7, 11) is -2.65. The van der Waals surface area contributed by atoms with Gasteiger partial charge in [0, 0.05) is 18.1 Å². The van der Waals surface area contributed by atoms with Crippen LogP contribution >= 0.6 is 15.9 Å². The summed E-state index contributed by atoms with van der Waals surface area (Å²) in [4.78, 5) is 10.6. The van der Waals surface area contributed by atoms with Gasteiger partial charge in [0.25, 0.3) is 0 Å². The molecule has 0 aliphatic rings. The minimum absolute atomic E-state index is 0.156. The number of halogens is 2. The first-order valence-corrected chi connectivity index (χ1v) is 7.08. The Morgan fingerprint density at radius 2 is 2.06 bits per heavy atom. The average molecular weight is 340 g/mol. The fourth-order valence-corrected chi connectivity index (χ4v) is 3.12. The molecule has 5 nitrogen and oxygen atoms in total. The van der Waals surface area contributed by atoms with Crippen LogP contribution in [-0.4, -0.2) is 44.1 Å². The molecule has 0 fully saturated rings. The number of aromatic carboxylic acids is 1. The van der Waals surface area contributed by atoms with Crippen molar-refractivity contribution in [1.29, 1.82) is 0 Å². The lowest BCUT2D eigenvalue weighted by Crippen LogP contribution is -2.29. The maximum absolute atomic E-state index is 12.2. The van der Waals surface area contributed by atoms with Gasteiger partial charge in [0.2, 0.25) is 10.0 Å². The van der Waals surface area contributed by atoms with Gasteiger partial charge < -0.3 is 5.11 Å². The van der Waals surface area contributed by atoms with Crippen molar-refractivity contribution in [2.45, 2.75) is 4.90 Å². The molecule has 1 N–H and O–H groups in total. The van der Waals surface area contributed by atoms with Gasteiger partial charge in [-0.3, -0.25) is 0 Å². The molecular formula is C10H11BrFNO4S. The number of carboxylic acids is 1. The normalized spacial score (nSPS) is 11.8. The van der Waals surface area contributed by atoms with Crippen molar-refractivity contribution in [3.8, 4) is 0 Å². The zero-order valence-electron chi connectivity index (χ0n) is 9.43. The van der Waals surface area contributed by atoms with E-state index in [-0.39, 0.29) is 17.0 Å². The standard InChI is InChI=1S/C10H11BrFNO4S/c1-13(3-2-12)18(16,17)9-5-7(10(14)15)4-8(11)6-9/h4-6H,2-3H2,1H3,(H,14,15). The van der Waals surface area contributed by atoms with Gasteiger partial charge in [-0.15, -0.1) is 0 Å². The highest BCUT2D eigenvalue weighted by Crippen LogP contribution is 2.22. The highest BCUT2D eigenvalue weighted by atomic mass is 79.9. The number of hydrogen-bond donors (Lipinski definition) is 1. The Morgan fingerprint density at radius 3 is 2.56 bits per heavy atom. The van der Waals surface area contributed by atoms with Crippen molar-refractivity contribution in [2.24, 2.45) is 0 Å². The van der Waals surface area contributed by atoms with Gasteiger partial charge in [-0.25, -0.2) is 17.6 Å². The van der Waals surface area contributed by atoms with E-state index < -0.39 is 22.7 Å². The number of alkyl halides is 1. The minimum atomic E-state index is -3.88. The Balaban J connectivity index is 3.28. The van der Waals surface area contributed by atoms with Crippen LogP contribution in [-0.2, 0) is 10.0 Å². The van der Waals surface area contributed by atoms with Crippen molar-refractivity contribution >= 4 is 31.9 Å². The summed E-state index contributed by atoms with van der Waals surface area (Å²) in [5.74, 6) is -1.24. The van der Waals surface area contributed by atoms with Crippen LogP contribution in [0.25, 0.3) is 0 Å². The number of carbonyl (C=O) groups is 1. The first-order chi connectivity index (χ1) is 8.28. The molecule has 1 aromatic carbocycles. The summed E-state index contributed by atoms with van der Waals surface area (Å²) >= 11 is 3.04. The molecule has 0 aliphatic carbocycles. The molecule has 0 spiro atoms. The van der Waals surface area contributed by atoms with E-state index in [9.17, 15) is 17.6 Å². The molecule has 0 bridgehead atoms. The molecule has 18 heavy (non-hydrogen) atoms. The lowest BCUT2D eigenvalue weighted by molar-refractivity contribution is 0.0696. The van der Waals surface area contributed by atoms with E-state index in [1.165, 1.54) is 19.2 Å². The molecule has 0 atom stereocenters. The van der Waals surface area contributed by atoms with Crippen LogP contribution in [0.1, 0.15) is 10.4 Å². The van der Waals surface area contributed by atoms with Crippen LogP contribution in [0, 0.1) is 0 Å². The summed E-state index contributed by atoms with van der Waals surface area (Å²) < 4.78 is 37.3. The van der Waals surface area contributed by atoms with E-state index >= 15 is 0 Å². The zero-order valence-corrected chi connectivity index (χ0v) is 11.8. The van der Waals surface area contributed by atoms with Crippen molar-refractivity contribution in [2.75, 3.05) is 20.3 Å². The van der Waals surface area contributed by atoms with Gasteiger partial charge in [-0.05, 0) is 18.2 Å². The molecule has 100 valence electrons. The third kappa shape index (κ3) is 3.27. The summed E-state index contributed by atoms with van der Waals surface area (Å²) in [6, 6.07) is 3.60. The molecule has 0 saturated heterocycles. The monoisotopic (exact) mass is 339 g/mol. The lowest BCUT2D eigenvalue weighted by atomic mass is 10.2. The number of hydrogen-bond acceptors (Lipinski definition) is 3. The fourth-order valence-electron chi connectivity index (χ4n) is 1.25.